The molecule has 0 saturated carbocycles. The summed E-state index contributed by atoms with van der Waals surface area (Å²) >= 11 is 12.1. The van der Waals surface area contributed by atoms with Crippen molar-refractivity contribution >= 4 is 40.4 Å². The van der Waals surface area contributed by atoms with Gasteiger partial charge in [0.1, 0.15) is 17.2 Å². The summed E-state index contributed by atoms with van der Waals surface area (Å²) in [6.07, 6.45) is 0.886. The van der Waals surface area contributed by atoms with Gasteiger partial charge in [-0.3, -0.25) is 0 Å². The molecule has 5 nitrogen and oxygen atoms in total. The number of phenolic OH excluding ortho intramolecular Hbond substituents is 2. The fourth-order valence-electron chi connectivity index (χ4n) is 2.96. The summed E-state index contributed by atoms with van der Waals surface area (Å²) in [6.45, 7) is 0. The third kappa shape index (κ3) is 2.81. The molecule has 0 bridgehead atoms. The minimum Gasteiger partial charge on any atom is -0.506 e. The monoisotopic (exact) mass is 398 g/mol. The highest BCUT2D eigenvalue weighted by atomic mass is 35.5. The molecule has 27 heavy (non-hydrogen) atoms. The summed E-state index contributed by atoms with van der Waals surface area (Å²) in [5.41, 5.74) is 2.24. The number of nitrogens with one attached hydrogen (secondary N) is 1. The van der Waals surface area contributed by atoms with E-state index in [9.17, 15) is 10.2 Å². The molecule has 7 heteroatoms. The molecule has 0 unspecified atom stereocenters. The molecule has 0 spiro atoms. The summed E-state index contributed by atoms with van der Waals surface area (Å²) in [5.74, 6) is -0.497. The Morgan fingerprint density at radius 2 is 1.67 bits per heavy atom. The number of aromatic nitrogens is 1. The van der Waals surface area contributed by atoms with Crippen LogP contribution in [0.15, 0.2) is 53.1 Å². The lowest BCUT2D eigenvalue weighted by atomic mass is 9.95. The van der Waals surface area contributed by atoms with Gasteiger partial charge in [-0.2, -0.15) is 0 Å². The predicted octanol–water partition coefficient (Wildman–Crippen LogP) is 5.88. The zero-order chi connectivity index (χ0) is 19.1. The minimum atomic E-state index is -0.259. The summed E-state index contributed by atoms with van der Waals surface area (Å²) in [7, 11) is 0. The van der Waals surface area contributed by atoms with E-state index >= 15 is 0 Å². The second-order valence-corrected chi connectivity index (χ2v) is 6.70. The van der Waals surface area contributed by atoms with Gasteiger partial charge >= 0.3 is 0 Å². The molecule has 3 N–H and O–H groups in total. The van der Waals surface area contributed by atoms with Crippen LogP contribution in [0.1, 0.15) is 5.56 Å². The highest BCUT2D eigenvalue weighted by Gasteiger charge is 2.22. The Kier molecular flexibility index (Phi) is 4.26. The molecule has 134 valence electrons. The van der Waals surface area contributed by atoms with E-state index in [1.165, 1.54) is 0 Å². The molecule has 4 aromatic rings. The average Bonchev–Trinajstić information content (AvgIpc) is 3.09. The van der Waals surface area contributed by atoms with Crippen molar-refractivity contribution in [2.45, 2.75) is 0 Å². The second kappa shape index (κ2) is 6.61. The van der Waals surface area contributed by atoms with Gasteiger partial charge in [-0.15, -0.1) is 0 Å². The summed E-state index contributed by atoms with van der Waals surface area (Å²) in [5, 5.41) is 34.3. The van der Waals surface area contributed by atoms with E-state index in [1.54, 1.807) is 30.3 Å². The first-order valence-electron chi connectivity index (χ1n) is 7.91. The first-order chi connectivity index (χ1) is 13.0. The van der Waals surface area contributed by atoms with Crippen LogP contribution in [0.3, 0.4) is 0 Å². The van der Waals surface area contributed by atoms with E-state index in [-0.39, 0.29) is 17.1 Å². The molecule has 0 aliphatic rings. The van der Waals surface area contributed by atoms with Crippen LogP contribution in [-0.2, 0) is 0 Å². The van der Waals surface area contributed by atoms with Crippen LogP contribution in [0, 0.1) is 5.41 Å². The smallest absolute Gasteiger partial charge is 0.167 e. The summed E-state index contributed by atoms with van der Waals surface area (Å²) < 4.78 is 5.32. The van der Waals surface area contributed by atoms with Crippen molar-refractivity contribution < 1.29 is 14.7 Å². The topological polar surface area (TPSA) is 90.3 Å². The fourth-order valence-corrected chi connectivity index (χ4v) is 3.26. The minimum absolute atomic E-state index is 0.0272. The lowest BCUT2D eigenvalue weighted by Crippen LogP contribution is -1.92. The third-order valence-electron chi connectivity index (χ3n) is 4.32. The molecule has 0 saturated heterocycles. The van der Waals surface area contributed by atoms with Gasteiger partial charge in [-0.05, 0) is 35.9 Å². The zero-order valence-electron chi connectivity index (χ0n) is 13.7. The van der Waals surface area contributed by atoms with E-state index in [4.69, 9.17) is 33.1 Å². The van der Waals surface area contributed by atoms with Gasteiger partial charge in [0, 0.05) is 22.7 Å². The van der Waals surface area contributed by atoms with Crippen molar-refractivity contribution in [1.82, 2.24) is 5.16 Å². The van der Waals surface area contributed by atoms with Gasteiger partial charge in [0.25, 0.3) is 0 Å². The van der Waals surface area contributed by atoms with E-state index in [0.717, 1.165) is 6.21 Å². The Hall–Kier alpha value is -3.02. The third-order valence-corrected chi connectivity index (χ3v) is 5.06. The van der Waals surface area contributed by atoms with Crippen LogP contribution >= 0.6 is 23.2 Å². The molecule has 4 rings (SSSR count). The molecule has 0 aliphatic carbocycles. The van der Waals surface area contributed by atoms with Crippen LogP contribution in [0.25, 0.3) is 33.4 Å². The number of aromatic hydroxyl groups is 2. The SMILES string of the molecule is N=Cc1c(O)c(-c2ccc(Cl)c(Cl)c2)cc(-c2noc3ccccc23)c1O. The number of phenols is 2. The number of halogens is 2. The van der Waals surface area contributed by atoms with Crippen LogP contribution in [0.4, 0.5) is 0 Å². The lowest BCUT2D eigenvalue weighted by Gasteiger charge is -2.13. The number of nitrogens with zero attached hydrogens (tertiary/aromatic N) is 1. The Bertz CT molecular complexity index is 1200. The van der Waals surface area contributed by atoms with Crippen molar-refractivity contribution in [1.29, 1.82) is 5.41 Å². The first kappa shape index (κ1) is 17.4. The van der Waals surface area contributed by atoms with E-state index in [0.29, 0.717) is 43.4 Å². The van der Waals surface area contributed by atoms with Crippen LogP contribution in [0.5, 0.6) is 11.5 Å². The van der Waals surface area contributed by atoms with Gasteiger partial charge in [-0.1, -0.05) is 46.6 Å². The van der Waals surface area contributed by atoms with Gasteiger partial charge in [0.05, 0.1) is 15.6 Å². The molecule has 0 fully saturated rings. The second-order valence-electron chi connectivity index (χ2n) is 5.88. The van der Waals surface area contributed by atoms with Crippen molar-refractivity contribution in [3.8, 4) is 33.9 Å². The molecular weight excluding hydrogens is 387 g/mol. The molecule has 0 aliphatic heterocycles. The Morgan fingerprint density at radius 3 is 2.41 bits per heavy atom. The maximum absolute atomic E-state index is 10.6. The van der Waals surface area contributed by atoms with Crippen LogP contribution < -0.4 is 0 Å². The van der Waals surface area contributed by atoms with Gasteiger partial charge in [-0.25, -0.2) is 0 Å². The summed E-state index contributed by atoms with van der Waals surface area (Å²) in [6, 6.07) is 13.7. The van der Waals surface area contributed by atoms with Crippen molar-refractivity contribution in [2.75, 3.05) is 0 Å². The van der Waals surface area contributed by atoms with E-state index in [1.807, 2.05) is 18.2 Å². The Balaban J connectivity index is 2.03. The number of fused-ring (bicyclic) bond motifs is 1. The predicted molar refractivity (Wildman–Crippen MR) is 106 cm³/mol. The van der Waals surface area contributed by atoms with Gasteiger partial charge in [0.2, 0.25) is 0 Å². The van der Waals surface area contributed by atoms with E-state index in [2.05, 4.69) is 5.16 Å². The number of rotatable bonds is 3. The summed E-state index contributed by atoms with van der Waals surface area (Å²) in [4.78, 5) is 0. The molecular formula is C20H12Cl2N2O3. The molecule has 1 aromatic heterocycles. The van der Waals surface area contributed by atoms with Crippen LogP contribution in [0.2, 0.25) is 10.0 Å². The highest BCUT2D eigenvalue weighted by molar-refractivity contribution is 6.42. The van der Waals surface area contributed by atoms with Crippen LogP contribution in [-0.4, -0.2) is 21.6 Å². The molecule has 0 radical (unpaired) electrons. The zero-order valence-corrected chi connectivity index (χ0v) is 15.2. The Labute approximate surface area is 163 Å². The van der Waals surface area contributed by atoms with Gasteiger partial charge in [0.15, 0.2) is 5.58 Å². The standard InChI is InChI=1S/C20H12Cl2N2O3/c21-15-6-5-10(7-16(15)22)12-8-13(20(26)14(9-23)19(12)25)18-11-3-1-2-4-17(11)27-24-18/h1-9,23,25-26H. The average molecular weight is 399 g/mol. The molecule has 3 aromatic carbocycles. The first-order valence-corrected chi connectivity index (χ1v) is 8.66. The number of hydrogen-bond donors (Lipinski definition) is 3. The number of para-hydroxylation sites is 1. The Morgan fingerprint density at radius 1 is 0.926 bits per heavy atom. The molecule has 0 amide bonds. The molecule has 0 atom stereocenters. The highest BCUT2D eigenvalue weighted by Crippen LogP contribution is 2.45. The fraction of sp³-hybridized carbons (Fsp3) is 0. The molecule has 1 heterocycles. The number of benzene rings is 3. The largest absolute Gasteiger partial charge is 0.506 e. The van der Waals surface area contributed by atoms with Gasteiger partial charge < -0.3 is 20.1 Å². The van der Waals surface area contributed by atoms with Crippen molar-refractivity contribution in [2.24, 2.45) is 0 Å². The maximum Gasteiger partial charge on any atom is 0.167 e. The maximum atomic E-state index is 10.6. The number of hydrogen-bond acceptors (Lipinski definition) is 5. The van der Waals surface area contributed by atoms with Crippen molar-refractivity contribution in [3.05, 3.63) is 64.1 Å². The van der Waals surface area contributed by atoms with E-state index < -0.39 is 0 Å². The normalized spacial score (nSPS) is 11.0. The lowest BCUT2D eigenvalue weighted by molar-refractivity contribution is 0.446. The quantitative estimate of drug-likeness (QED) is 0.376. The van der Waals surface area contributed by atoms with Crippen molar-refractivity contribution in [3.63, 3.8) is 0 Å².